The van der Waals surface area contributed by atoms with Crippen molar-refractivity contribution in [3.8, 4) is 0 Å². The number of hydrogen-bond acceptors (Lipinski definition) is 16. The van der Waals surface area contributed by atoms with Crippen LogP contribution < -0.4 is 42.5 Å². The molecule has 24 unspecified atom stereocenters. The molecule has 24 nitrogen and oxygen atoms in total. The lowest BCUT2D eigenvalue weighted by Gasteiger charge is -2.55. The highest BCUT2D eigenvalue weighted by molar-refractivity contribution is 5.22. The monoisotopic (exact) mass is 1300 g/mol. The number of fused-ring (bicyclic) bond motifs is 24. The van der Waals surface area contributed by atoms with Crippen LogP contribution in [0.4, 0.5) is 0 Å². The fourth-order valence-corrected chi connectivity index (χ4v) is 26.0. The smallest absolute Gasteiger partial charge is 0.0650 e. The van der Waals surface area contributed by atoms with Gasteiger partial charge in [-0.15, -0.1) is 0 Å². The number of nitrogens with zero attached hydrogens (tertiary/aromatic N) is 16. The van der Waals surface area contributed by atoms with Crippen molar-refractivity contribution in [3.63, 3.8) is 0 Å². The molecule has 504 valence electrons. The van der Waals surface area contributed by atoms with Crippen molar-refractivity contribution in [1.82, 2.24) is 121 Å². The molecule has 8 bridgehead atoms. The van der Waals surface area contributed by atoms with Crippen LogP contribution in [0.15, 0.2) is 148 Å². The van der Waals surface area contributed by atoms with E-state index in [-0.39, 0.29) is 145 Å². The maximum atomic E-state index is 5.34. The molecule has 0 aromatic carbocycles. The molecule has 8 saturated carbocycles. The van der Waals surface area contributed by atoms with Crippen LogP contribution in [0, 0.1) is 94.7 Å². The molecule has 5 aliphatic heterocycles. The Morgan fingerprint density at radius 2 is 0.312 bits per heavy atom. The van der Waals surface area contributed by atoms with Gasteiger partial charge in [0.25, 0.3) is 0 Å². The SMILES string of the molecule is c1cnn(C2C3CCCCC3C(n3cccn3)C3C4NC(NC5NC(NC6NC(NC7NC(N4)C4C7C(n7cccn7)C7CCCCC7C4n4cccn4)C4C6C(n6cccn6)C6CCCCC6C4n4cccn4)C4C5C(n5cccn5)C5CCCCC5C4n4cccn4)C32)c1. The third kappa shape index (κ3) is 8.98. The lowest BCUT2D eigenvalue weighted by Crippen LogP contribution is -2.62. The van der Waals surface area contributed by atoms with Gasteiger partial charge in [0.2, 0.25) is 0 Å². The average molecular weight is 1300 g/mol. The molecule has 24 heteroatoms. The summed E-state index contributed by atoms with van der Waals surface area (Å²) in [6, 6.07) is 18.4. The minimum absolute atomic E-state index is 0.104. The fourth-order valence-electron chi connectivity index (χ4n) is 26.0. The van der Waals surface area contributed by atoms with E-state index in [2.05, 4.69) is 157 Å². The van der Waals surface area contributed by atoms with Crippen LogP contribution in [-0.4, -0.2) is 128 Å². The molecule has 8 aromatic rings. The summed E-state index contributed by atoms with van der Waals surface area (Å²) in [6.07, 6.45) is 52.6. The van der Waals surface area contributed by atoms with Crippen molar-refractivity contribution in [2.45, 2.75) is 200 Å². The summed E-state index contributed by atoms with van der Waals surface area (Å²) in [5.74, 6) is 4.02. The molecule has 96 heavy (non-hydrogen) atoms. The van der Waals surface area contributed by atoms with Crippen LogP contribution in [-0.2, 0) is 0 Å². The Morgan fingerprint density at radius 1 is 0.188 bits per heavy atom. The molecule has 24 atom stereocenters. The quantitative estimate of drug-likeness (QED) is 0.0758. The molecule has 0 spiro atoms. The van der Waals surface area contributed by atoms with Crippen molar-refractivity contribution < 1.29 is 0 Å². The second-order valence-electron chi connectivity index (χ2n) is 32.0. The fraction of sp³-hybridized carbons (Fsp3) is 0.667. The Morgan fingerprint density at radius 3 is 0.417 bits per heavy atom. The highest BCUT2D eigenvalue weighted by Gasteiger charge is 2.69. The molecule has 13 fully saturated rings. The van der Waals surface area contributed by atoms with Gasteiger partial charge in [-0.05, 0) is 147 Å². The zero-order chi connectivity index (χ0) is 62.7. The van der Waals surface area contributed by atoms with Crippen LogP contribution in [0.1, 0.15) is 151 Å². The van der Waals surface area contributed by atoms with Crippen LogP contribution in [0.25, 0.3) is 0 Å². The predicted molar refractivity (Wildman–Crippen MR) is 355 cm³/mol. The lowest BCUT2D eigenvalue weighted by molar-refractivity contribution is -0.0577. The zero-order valence-corrected chi connectivity index (χ0v) is 54.8. The van der Waals surface area contributed by atoms with Crippen LogP contribution in [0.2, 0.25) is 0 Å². The van der Waals surface area contributed by atoms with Crippen molar-refractivity contribution in [2.24, 2.45) is 94.7 Å². The summed E-state index contributed by atoms with van der Waals surface area (Å²) < 4.78 is 19.3. The third-order valence-corrected chi connectivity index (χ3v) is 28.5. The first-order valence-corrected chi connectivity index (χ1v) is 37.7. The van der Waals surface area contributed by atoms with Gasteiger partial charge in [-0.3, -0.25) is 80.0 Å². The molecule has 5 saturated heterocycles. The van der Waals surface area contributed by atoms with Crippen molar-refractivity contribution in [2.75, 3.05) is 0 Å². The van der Waals surface area contributed by atoms with Gasteiger partial charge in [-0.2, -0.15) is 40.8 Å². The van der Waals surface area contributed by atoms with Gasteiger partial charge in [-0.1, -0.05) is 51.4 Å². The summed E-state index contributed by atoms with van der Waals surface area (Å²) in [7, 11) is 0. The highest BCUT2D eigenvalue weighted by Crippen LogP contribution is 2.65. The van der Waals surface area contributed by atoms with E-state index in [9.17, 15) is 0 Å². The number of rotatable bonds is 8. The van der Waals surface area contributed by atoms with Gasteiger partial charge >= 0.3 is 0 Å². The number of aromatic nitrogens is 16. The van der Waals surface area contributed by atoms with Crippen LogP contribution >= 0.6 is 0 Å². The van der Waals surface area contributed by atoms with Gasteiger partial charge in [0.1, 0.15) is 0 Å². The summed E-state index contributed by atoms with van der Waals surface area (Å²) in [6.45, 7) is 0. The van der Waals surface area contributed by atoms with E-state index >= 15 is 0 Å². The Kier molecular flexibility index (Phi) is 14.3. The molecule has 13 heterocycles. The van der Waals surface area contributed by atoms with Gasteiger partial charge < -0.3 is 0 Å². The lowest BCUT2D eigenvalue weighted by atomic mass is 9.57. The second kappa shape index (κ2) is 23.5. The topological polar surface area (TPSA) is 239 Å². The van der Waals surface area contributed by atoms with Gasteiger partial charge in [0, 0.05) is 146 Å². The van der Waals surface area contributed by atoms with Gasteiger partial charge in [0.15, 0.2) is 0 Å². The largest absolute Gasteiger partial charge is 0.286 e. The normalized spacial score (nSPS) is 46.2. The van der Waals surface area contributed by atoms with Crippen LogP contribution in [0.3, 0.4) is 0 Å². The third-order valence-electron chi connectivity index (χ3n) is 28.5. The maximum Gasteiger partial charge on any atom is 0.0650 e. The molecule has 0 radical (unpaired) electrons. The predicted octanol–water partition coefficient (Wildman–Crippen LogP) is 7.09. The van der Waals surface area contributed by atoms with E-state index in [0.29, 0.717) is 47.3 Å². The van der Waals surface area contributed by atoms with E-state index in [1.54, 1.807) is 0 Å². The van der Waals surface area contributed by atoms with Gasteiger partial charge in [-0.25, -0.2) is 0 Å². The summed E-state index contributed by atoms with van der Waals surface area (Å²) >= 11 is 0. The molecular weight excluding hydrogens is 1200 g/mol. The minimum atomic E-state index is -0.143. The van der Waals surface area contributed by atoms with E-state index in [1.165, 1.54) is 103 Å². The van der Waals surface area contributed by atoms with Crippen molar-refractivity contribution in [1.29, 1.82) is 0 Å². The molecule has 8 N–H and O–H groups in total. The maximum absolute atomic E-state index is 5.34. The van der Waals surface area contributed by atoms with Gasteiger partial charge in [0.05, 0.1) is 97.7 Å². The Labute approximate surface area is 561 Å². The Hall–Kier alpha value is -6.64. The van der Waals surface area contributed by atoms with E-state index in [0.717, 1.165) is 0 Å². The average Bonchev–Trinajstić information content (AvgIpc) is 1.58. The Balaban J connectivity index is 0.795. The first kappa shape index (κ1) is 58.3. The second-order valence-corrected chi connectivity index (χ2v) is 32.0. The Bertz CT molecular complexity index is 3100. The van der Waals surface area contributed by atoms with Crippen molar-refractivity contribution in [3.05, 3.63) is 148 Å². The zero-order valence-electron chi connectivity index (χ0n) is 54.8. The molecule has 13 aliphatic rings. The molecular formula is C72H96N24. The number of hydrogen-bond donors (Lipinski definition) is 8. The van der Waals surface area contributed by atoms with Crippen molar-refractivity contribution >= 4 is 0 Å². The summed E-state index contributed by atoms with van der Waals surface area (Å²) in [5, 5.41) is 80.4. The minimum Gasteiger partial charge on any atom is -0.286 e. The van der Waals surface area contributed by atoms with E-state index in [1.807, 2.05) is 49.6 Å². The summed E-state index contributed by atoms with van der Waals surface area (Å²) in [5.41, 5.74) is 0. The molecule has 21 rings (SSSR count). The van der Waals surface area contributed by atoms with E-state index in [4.69, 9.17) is 62.1 Å². The molecule has 8 aromatic heterocycles. The first-order valence-electron chi connectivity index (χ1n) is 37.7. The van der Waals surface area contributed by atoms with E-state index < -0.39 is 0 Å². The van der Waals surface area contributed by atoms with Crippen LogP contribution in [0.5, 0.6) is 0 Å². The summed E-state index contributed by atoms with van der Waals surface area (Å²) in [4.78, 5) is 0. The first-order chi connectivity index (χ1) is 47.7. The molecule has 8 aliphatic carbocycles. The number of nitrogens with one attached hydrogen (secondary N) is 8. The molecule has 0 amide bonds. The standard InChI is InChI=1S/C72H96N24/c1-2-18-42-41(17-1)57(89-33-9-25-73-89)49-50(58(42)90-34-10-26-74-90)66-81-65(49)85-67-51-52(60(92-36-12-28-76-92)44-20-4-3-19-43(44)59(51)91-35-11-27-75-91)69(82-67)87-71-55-56(64(96-40-16-32-80-96)48-24-8-7-23-47(48)63(55)95-39-15-31-79-95)72(84-71)88-70-54-53(68(83-70)86-66)61(93-37-13-29-77-93)45-21-5-6-22-46(45)62(54)94-38-14-30-78-94/h9-16,25-72,81-88H,1-8,17-24H2. The highest BCUT2D eigenvalue weighted by atomic mass is 15.5.